The van der Waals surface area contributed by atoms with Crippen molar-refractivity contribution in [1.82, 2.24) is 5.32 Å². The zero-order valence-corrected chi connectivity index (χ0v) is 15.4. The lowest BCUT2D eigenvalue weighted by Gasteiger charge is -2.23. The summed E-state index contributed by atoms with van der Waals surface area (Å²) in [5, 5.41) is 4.46. The van der Waals surface area contributed by atoms with Crippen LogP contribution in [-0.4, -0.2) is 0 Å². The van der Waals surface area contributed by atoms with Gasteiger partial charge in [0, 0.05) is 24.0 Å². The van der Waals surface area contributed by atoms with E-state index in [4.69, 9.17) is 4.42 Å². The first-order valence-corrected chi connectivity index (χ1v) is 9.02. The molecule has 1 heterocycles. The van der Waals surface area contributed by atoms with Crippen molar-refractivity contribution in [3.05, 3.63) is 81.5 Å². The van der Waals surface area contributed by atoms with Crippen molar-refractivity contribution in [1.29, 1.82) is 0 Å². The first-order chi connectivity index (χ1) is 12.5. The van der Waals surface area contributed by atoms with Gasteiger partial charge in [0.05, 0.1) is 0 Å². The maximum absolute atomic E-state index is 13.2. The van der Waals surface area contributed by atoms with Crippen LogP contribution in [0.1, 0.15) is 43.5 Å². The van der Waals surface area contributed by atoms with E-state index in [1.54, 1.807) is 18.2 Å². The van der Waals surface area contributed by atoms with Gasteiger partial charge in [0.1, 0.15) is 11.4 Å². The normalized spacial score (nSPS) is 12.7. The van der Waals surface area contributed by atoms with E-state index in [2.05, 4.69) is 32.2 Å². The van der Waals surface area contributed by atoms with E-state index >= 15 is 0 Å². The topological polar surface area (TPSA) is 42.2 Å². The number of hydrogen-bond acceptors (Lipinski definition) is 3. The van der Waals surface area contributed by atoms with Gasteiger partial charge in [-0.1, -0.05) is 45.0 Å². The Morgan fingerprint density at radius 3 is 2.46 bits per heavy atom. The van der Waals surface area contributed by atoms with E-state index in [1.807, 2.05) is 12.1 Å². The van der Waals surface area contributed by atoms with Gasteiger partial charge in [0.25, 0.3) is 0 Å². The Morgan fingerprint density at radius 1 is 1.08 bits per heavy atom. The summed E-state index contributed by atoms with van der Waals surface area (Å²) >= 11 is 0. The van der Waals surface area contributed by atoms with Crippen LogP contribution in [0.15, 0.2) is 57.7 Å². The molecule has 0 bridgehead atoms. The Balaban J connectivity index is 1.89. The van der Waals surface area contributed by atoms with E-state index in [-0.39, 0.29) is 17.5 Å². The summed E-state index contributed by atoms with van der Waals surface area (Å²) in [6.45, 7) is 6.84. The zero-order valence-electron chi connectivity index (χ0n) is 15.4. The van der Waals surface area contributed by atoms with Crippen molar-refractivity contribution >= 4 is 11.0 Å². The molecule has 0 unspecified atom stereocenters. The second-order valence-corrected chi connectivity index (χ2v) is 6.93. The van der Waals surface area contributed by atoms with Crippen LogP contribution in [0.4, 0.5) is 4.39 Å². The lowest BCUT2D eigenvalue weighted by atomic mass is 9.95. The first-order valence-electron chi connectivity index (χ1n) is 9.02. The van der Waals surface area contributed by atoms with Crippen LogP contribution in [0.2, 0.25) is 0 Å². The van der Waals surface area contributed by atoms with Crippen molar-refractivity contribution in [2.75, 3.05) is 0 Å². The number of aryl methyl sites for hydroxylation is 1. The Hall–Kier alpha value is -2.46. The molecule has 0 aliphatic carbocycles. The highest BCUT2D eigenvalue weighted by Gasteiger charge is 2.16. The molecule has 0 saturated heterocycles. The van der Waals surface area contributed by atoms with E-state index < -0.39 is 0 Å². The van der Waals surface area contributed by atoms with Crippen LogP contribution in [0.3, 0.4) is 0 Å². The highest BCUT2D eigenvalue weighted by molar-refractivity contribution is 5.80. The molecular formula is C22H24FNO2. The number of hydrogen-bond donors (Lipinski definition) is 1. The molecular weight excluding hydrogens is 329 g/mol. The van der Waals surface area contributed by atoms with Gasteiger partial charge in [0.15, 0.2) is 0 Å². The summed E-state index contributed by atoms with van der Waals surface area (Å²) in [7, 11) is 0. The molecule has 0 spiro atoms. The number of benzene rings is 2. The average Bonchev–Trinajstić information content (AvgIpc) is 2.62. The predicted molar refractivity (Wildman–Crippen MR) is 103 cm³/mol. The van der Waals surface area contributed by atoms with Crippen LogP contribution in [0.5, 0.6) is 0 Å². The maximum Gasteiger partial charge on any atom is 0.336 e. The first kappa shape index (κ1) is 18.3. The van der Waals surface area contributed by atoms with E-state index in [0.29, 0.717) is 18.0 Å². The number of nitrogens with one attached hydrogen (secondary N) is 1. The lowest BCUT2D eigenvalue weighted by Crippen LogP contribution is -2.26. The quantitative estimate of drug-likeness (QED) is 0.636. The fraction of sp³-hybridized carbons (Fsp3) is 0.318. The Labute approximate surface area is 152 Å². The van der Waals surface area contributed by atoms with Crippen LogP contribution in [0.25, 0.3) is 11.0 Å². The van der Waals surface area contributed by atoms with Crippen molar-refractivity contribution in [3.8, 4) is 0 Å². The SMILES string of the molecule is CCc1ccc2c(CN[C@@H](c3ccc(F)cc3)C(C)C)cc(=O)oc2c1. The molecule has 0 radical (unpaired) electrons. The van der Waals surface area contributed by atoms with Gasteiger partial charge < -0.3 is 9.73 Å². The molecule has 3 aromatic rings. The van der Waals surface area contributed by atoms with Crippen molar-refractivity contribution < 1.29 is 8.81 Å². The molecule has 0 amide bonds. The third kappa shape index (κ3) is 4.02. The van der Waals surface area contributed by atoms with Gasteiger partial charge in [-0.15, -0.1) is 0 Å². The van der Waals surface area contributed by atoms with Crippen molar-refractivity contribution in [3.63, 3.8) is 0 Å². The molecule has 26 heavy (non-hydrogen) atoms. The second kappa shape index (κ2) is 7.83. The predicted octanol–water partition coefficient (Wildman–Crippen LogP) is 4.98. The largest absolute Gasteiger partial charge is 0.423 e. The molecule has 1 atom stereocenters. The van der Waals surface area contributed by atoms with Gasteiger partial charge >= 0.3 is 5.63 Å². The highest BCUT2D eigenvalue weighted by Crippen LogP contribution is 2.24. The number of fused-ring (bicyclic) bond motifs is 1. The van der Waals surface area contributed by atoms with Gasteiger partial charge in [-0.3, -0.25) is 0 Å². The third-order valence-electron chi connectivity index (χ3n) is 4.71. The summed E-state index contributed by atoms with van der Waals surface area (Å²) in [6.07, 6.45) is 0.891. The van der Waals surface area contributed by atoms with Gasteiger partial charge in [-0.05, 0) is 47.2 Å². The molecule has 2 aromatic carbocycles. The van der Waals surface area contributed by atoms with Crippen molar-refractivity contribution in [2.45, 2.75) is 39.8 Å². The molecule has 0 aliphatic rings. The fourth-order valence-corrected chi connectivity index (χ4v) is 3.27. The molecule has 1 aromatic heterocycles. The highest BCUT2D eigenvalue weighted by atomic mass is 19.1. The Kier molecular flexibility index (Phi) is 5.52. The van der Waals surface area contributed by atoms with Crippen LogP contribution >= 0.6 is 0 Å². The van der Waals surface area contributed by atoms with E-state index in [9.17, 15) is 9.18 Å². The summed E-state index contributed by atoms with van der Waals surface area (Å²) in [4.78, 5) is 12.0. The standard InChI is InChI=1S/C22H24FNO2/c1-4-15-5-10-19-17(12-21(25)26-20(19)11-15)13-24-22(14(2)3)16-6-8-18(23)9-7-16/h5-12,14,22,24H,4,13H2,1-3H3/t22-/m1/s1. The minimum absolute atomic E-state index is 0.0628. The molecule has 4 heteroatoms. The summed E-state index contributed by atoms with van der Waals surface area (Å²) in [6, 6.07) is 14.2. The van der Waals surface area contributed by atoms with Crippen LogP contribution in [-0.2, 0) is 13.0 Å². The lowest BCUT2D eigenvalue weighted by molar-refractivity contribution is 0.410. The van der Waals surface area contributed by atoms with E-state index in [1.165, 1.54) is 12.1 Å². The van der Waals surface area contributed by atoms with Crippen LogP contribution < -0.4 is 10.9 Å². The molecule has 1 N–H and O–H groups in total. The molecule has 3 rings (SSSR count). The van der Waals surface area contributed by atoms with E-state index in [0.717, 1.165) is 28.5 Å². The molecule has 136 valence electrons. The third-order valence-corrected chi connectivity index (χ3v) is 4.71. The van der Waals surface area contributed by atoms with Gasteiger partial charge in [-0.25, -0.2) is 9.18 Å². The number of rotatable bonds is 6. The van der Waals surface area contributed by atoms with Crippen molar-refractivity contribution in [2.24, 2.45) is 5.92 Å². The summed E-state index contributed by atoms with van der Waals surface area (Å²) in [5.74, 6) is 0.0770. The second-order valence-electron chi connectivity index (χ2n) is 6.93. The smallest absolute Gasteiger partial charge is 0.336 e. The minimum atomic E-state index is -0.342. The summed E-state index contributed by atoms with van der Waals surface area (Å²) < 4.78 is 18.6. The van der Waals surface area contributed by atoms with Gasteiger partial charge in [-0.2, -0.15) is 0 Å². The maximum atomic E-state index is 13.2. The fourth-order valence-electron chi connectivity index (χ4n) is 3.27. The van der Waals surface area contributed by atoms with Crippen LogP contribution in [0, 0.1) is 11.7 Å². The Morgan fingerprint density at radius 2 is 1.81 bits per heavy atom. The monoisotopic (exact) mass is 353 g/mol. The molecule has 0 aliphatic heterocycles. The Bertz CT molecular complexity index is 945. The minimum Gasteiger partial charge on any atom is -0.423 e. The number of halogens is 1. The molecule has 3 nitrogen and oxygen atoms in total. The zero-order chi connectivity index (χ0) is 18.7. The molecule has 0 fully saturated rings. The average molecular weight is 353 g/mol. The summed E-state index contributed by atoms with van der Waals surface area (Å²) in [5.41, 5.74) is 3.35. The molecule has 0 saturated carbocycles. The van der Waals surface area contributed by atoms with Gasteiger partial charge in [0.2, 0.25) is 0 Å².